The maximum absolute atomic E-state index is 13.5. The molecule has 0 fully saturated rings. The number of carbonyl (C=O) groups is 1. The van der Waals surface area contributed by atoms with Crippen LogP contribution in [0, 0.1) is 6.92 Å². The second-order valence-corrected chi connectivity index (χ2v) is 9.55. The zero-order valence-electron chi connectivity index (χ0n) is 17.9. The summed E-state index contributed by atoms with van der Waals surface area (Å²) in [6, 6.07) is 20.3. The third-order valence-corrected chi connectivity index (χ3v) is 6.86. The van der Waals surface area contributed by atoms with Crippen LogP contribution in [0.25, 0.3) is 0 Å². The highest BCUT2D eigenvalue weighted by molar-refractivity contribution is 7.92. The Hall–Kier alpha value is -2.87. The molecule has 1 amide bonds. The number of sulfonamides is 1. The molecule has 0 aliphatic rings. The fourth-order valence-electron chi connectivity index (χ4n) is 3.08. The van der Waals surface area contributed by atoms with Gasteiger partial charge in [-0.1, -0.05) is 47.5 Å². The number of hydrogen-bond acceptors (Lipinski definition) is 4. The van der Waals surface area contributed by atoms with Gasteiger partial charge in [-0.05, 0) is 55.0 Å². The van der Waals surface area contributed by atoms with Crippen molar-refractivity contribution in [2.24, 2.45) is 0 Å². The van der Waals surface area contributed by atoms with Gasteiger partial charge in [0.2, 0.25) is 0 Å². The van der Waals surface area contributed by atoms with Crippen LogP contribution in [-0.2, 0) is 21.3 Å². The van der Waals surface area contributed by atoms with Crippen LogP contribution < -0.4 is 9.62 Å². The highest BCUT2D eigenvalue weighted by atomic mass is 35.5. The van der Waals surface area contributed by atoms with Crippen molar-refractivity contribution in [2.75, 3.05) is 24.6 Å². The average Bonchev–Trinajstić information content (AvgIpc) is 2.78. The van der Waals surface area contributed by atoms with Crippen LogP contribution in [0.1, 0.15) is 21.5 Å². The van der Waals surface area contributed by atoms with E-state index in [1.807, 2.05) is 6.92 Å². The van der Waals surface area contributed by atoms with Crippen LogP contribution in [0.4, 0.5) is 5.69 Å². The summed E-state index contributed by atoms with van der Waals surface area (Å²) in [6.07, 6.45) is 0. The molecule has 3 aromatic carbocycles. The zero-order chi connectivity index (χ0) is 23.1. The molecule has 0 spiro atoms. The van der Waals surface area contributed by atoms with Gasteiger partial charge in [0, 0.05) is 24.2 Å². The molecule has 1 N–H and O–H groups in total. The van der Waals surface area contributed by atoms with Gasteiger partial charge >= 0.3 is 0 Å². The van der Waals surface area contributed by atoms with Crippen molar-refractivity contribution >= 4 is 33.2 Å². The number of anilines is 1. The standard InChI is InChI=1S/C24H25ClN2O4S/c1-18-6-12-23(13-7-18)32(29,30)27(22-5-3-4-21(25)16-22)17-19-8-10-20(11-9-19)24(28)26-14-15-31-2/h3-13,16H,14-15,17H2,1-2H3,(H,26,28). The Kier molecular flexibility index (Phi) is 7.90. The van der Waals surface area contributed by atoms with Gasteiger partial charge in [0.25, 0.3) is 15.9 Å². The highest BCUT2D eigenvalue weighted by Crippen LogP contribution is 2.28. The van der Waals surface area contributed by atoms with E-state index < -0.39 is 10.0 Å². The van der Waals surface area contributed by atoms with Gasteiger partial charge in [-0.25, -0.2) is 8.42 Å². The Balaban J connectivity index is 1.90. The van der Waals surface area contributed by atoms with E-state index in [1.165, 1.54) is 4.31 Å². The number of carbonyl (C=O) groups excluding carboxylic acids is 1. The number of nitrogens with zero attached hydrogens (tertiary/aromatic N) is 1. The van der Waals surface area contributed by atoms with E-state index in [0.29, 0.717) is 29.4 Å². The number of halogens is 1. The molecule has 3 rings (SSSR count). The summed E-state index contributed by atoms with van der Waals surface area (Å²) in [6.45, 7) is 2.82. The predicted molar refractivity (Wildman–Crippen MR) is 127 cm³/mol. The Labute approximate surface area is 193 Å². The van der Waals surface area contributed by atoms with Gasteiger partial charge in [-0.3, -0.25) is 9.10 Å². The summed E-state index contributed by atoms with van der Waals surface area (Å²) in [5.74, 6) is -0.215. The summed E-state index contributed by atoms with van der Waals surface area (Å²) in [5.41, 5.74) is 2.65. The molecule has 32 heavy (non-hydrogen) atoms. The van der Waals surface area contributed by atoms with Crippen LogP contribution in [0.15, 0.2) is 77.7 Å². The number of nitrogens with one attached hydrogen (secondary N) is 1. The van der Waals surface area contributed by atoms with E-state index in [2.05, 4.69) is 5.32 Å². The lowest BCUT2D eigenvalue weighted by Gasteiger charge is -2.25. The molecule has 0 saturated carbocycles. The highest BCUT2D eigenvalue weighted by Gasteiger charge is 2.25. The van der Waals surface area contributed by atoms with Crippen molar-refractivity contribution in [3.63, 3.8) is 0 Å². The zero-order valence-corrected chi connectivity index (χ0v) is 19.5. The smallest absolute Gasteiger partial charge is 0.264 e. The Morgan fingerprint density at radius 3 is 2.34 bits per heavy atom. The topological polar surface area (TPSA) is 75.7 Å². The molecule has 0 atom stereocenters. The van der Waals surface area contributed by atoms with Gasteiger partial charge in [-0.2, -0.15) is 0 Å². The van der Waals surface area contributed by atoms with Crippen LogP contribution in [0.2, 0.25) is 5.02 Å². The number of rotatable bonds is 9. The number of hydrogen-bond donors (Lipinski definition) is 1. The third-order valence-electron chi connectivity index (χ3n) is 4.84. The van der Waals surface area contributed by atoms with E-state index in [-0.39, 0.29) is 17.3 Å². The van der Waals surface area contributed by atoms with Crippen molar-refractivity contribution in [2.45, 2.75) is 18.4 Å². The molecular weight excluding hydrogens is 448 g/mol. The Morgan fingerprint density at radius 2 is 1.72 bits per heavy atom. The minimum absolute atomic E-state index is 0.0854. The first-order valence-corrected chi connectivity index (χ1v) is 11.8. The minimum Gasteiger partial charge on any atom is -0.383 e. The molecule has 0 heterocycles. The molecule has 0 radical (unpaired) electrons. The summed E-state index contributed by atoms with van der Waals surface area (Å²) in [7, 11) is -2.28. The van der Waals surface area contributed by atoms with Crippen LogP contribution in [-0.4, -0.2) is 34.6 Å². The second-order valence-electron chi connectivity index (χ2n) is 7.25. The number of methoxy groups -OCH3 is 1. The van der Waals surface area contributed by atoms with E-state index >= 15 is 0 Å². The molecule has 3 aromatic rings. The lowest BCUT2D eigenvalue weighted by molar-refractivity contribution is 0.0937. The summed E-state index contributed by atoms with van der Waals surface area (Å²) in [4.78, 5) is 12.4. The number of ether oxygens (including phenoxy) is 1. The molecule has 168 valence electrons. The number of aryl methyl sites for hydroxylation is 1. The molecule has 0 unspecified atom stereocenters. The van der Waals surface area contributed by atoms with Crippen molar-refractivity contribution in [3.05, 3.63) is 94.5 Å². The molecule has 0 aliphatic heterocycles. The van der Waals surface area contributed by atoms with Gasteiger partial charge in [0.1, 0.15) is 0 Å². The Bertz CT molecular complexity index is 1160. The number of amides is 1. The van der Waals surface area contributed by atoms with Crippen molar-refractivity contribution in [3.8, 4) is 0 Å². The number of benzene rings is 3. The maximum Gasteiger partial charge on any atom is 0.264 e. The fraction of sp³-hybridized carbons (Fsp3) is 0.208. The van der Waals surface area contributed by atoms with Gasteiger partial charge in [0.15, 0.2) is 0 Å². The van der Waals surface area contributed by atoms with E-state index in [0.717, 1.165) is 11.1 Å². The minimum atomic E-state index is -3.85. The van der Waals surface area contributed by atoms with E-state index in [1.54, 1.807) is 79.9 Å². The lowest BCUT2D eigenvalue weighted by atomic mass is 10.1. The maximum atomic E-state index is 13.5. The molecule has 0 bridgehead atoms. The first kappa shape index (κ1) is 23.8. The normalized spacial score (nSPS) is 11.2. The Morgan fingerprint density at radius 1 is 1.03 bits per heavy atom. The predicted octanol–water partition coefficient (Wildman–Crippen LogP) is 4.42. The lowest BCUT2D eigenvalue weighted by Crippen LogP contribution is -2.30. The van der Waals surface area contributed by atoms with Gasteiger partial charge in [0.05, 0.1) is 23.7 Å². The van der Waals surface area contributed by atoms with E-state index in [9.17, 15) is 13.2 Å². The SMILES string of the molecule is COCCNC(=O)c1ccc(CN(c2cccc(Cl)c2)S(=O)(=O)c2ccc(C)cc2)cc1. The summed E-state index contributed by atoms with van der Waals surface area (Å²) < 4.78 is 33.2. The quantitative estimate of drug-likeness (QED) is 0.468. The van der Waals surface area contributed by atoms with Crippen molar-refractivity contribution < 1.29 is 17.9 Å². The van der Waals surface area contributed by atoms with Crippen molar-refractivity contribution in [1.82, 2.24) is 5.32 Å². The molecule has 0 saturated heterocycles. The van der Waals surface area contributed by atoms with E-state index in [4.69, 9.17) is 16.3 Å². The molecule has 6 nitrogen and oxygen atoms in total. The monoisotopic (exact) mass is 472 g/mol. The van der Waals surface area contributed by atoms with Crippen LogP contribution in [0.3, 0.4) is 0 Å². The van der Waals surface area contributed by atoms with Crippen LogP contribution >= 0.6 is 11.6 Å². The molecule has 0 aromatic heterocycles. The summed E-state index contributed by atoms with van der Waals surface area (Å²) in [5, 5.41) is 3.20. The second kappa shape index (κ2) is 10.6. The van der Waals surface area contributed by atoms with Crippen molar-refractivity contribution in [1.29, 1.82) is 0 Å². The molecule has 8 heteroatoms. The van der Waals surface area contributed by atoms with Gasteiger partial charge < -0.3 is 10.1 Å². The largest absolute Gasteiger partial charge is 0.383 e. The third kappa shape index (κ3) is 5.88. The first-order valence-electron chi connectivity index (χ1n) is 10.0. The summed E-state index contributed by atoms with van der Waals surface area (Å²) >= 11 is 6.14. The molecule has 0 aliphatic carbocycles. The van der Waals surface area contributed by atoms with Gasteiger partial charge in [-0.15, -0.1) is 0 Å². The average molecular weight is 473 g/mol. The fourth-order valence-corrected chi connectivity index (χ4v) is 4.71. The molecular formula is C24H25ClN2O4S. The first-order chi connectivity index (χ1) is 15.3. The van der Waals surface area contributed by atoms with Crippen LogP contribution in [0.5, 0.6) is 0 Å².